The van der Waals surface area contributed by atoms with E-state index in [1.54, 1.807) is 18.2 Å². The molecule has 3 nitrogen and oxygen atoms in total. The summed E-state index contributed by atoms with van der Waals surface area (Å²) in [7, 11) is -3.53. The van der Waals surface area contributed by atoms with Crippen molar-refractivity contribution in [1.29, 1.82) is 0 Å². The van der Waals surface area contributed by atoms with E-state index in [9.17, 15) is 8.42 Å². The predicted octanol–water partition coefficient (Wildman–Crippen LogP) is 4.22. The Morgan fingerprint density at radius 3 is 2.15 bits per heavy atom. The summed E-state index contributed by atoms with van der Waals surface area (Å²) in [5, 5.41) is 0. The third-order valence-corrected chi connectivity index (χ3v) is 5.30. The normalized spacial score (nSPS) is 11.6. The zero-order valence-corrected chi connectivity index (χ0v) is 14.3. The highest BCUT2D eigenvalue weighted by Crippen LogP contribution is 2.22. The summed E-state index contributed by atoms with van der Waals surface area (Å²) in [5.41, 5.74) is 1.72. The van der Waals surface area contributed by atoms with Crippen LogP contribution in [0.3, 0.4) is 0 Å². The third kappa shape index (κ3) is 3.52. The van der Waals surface area contributed by atoms with Crippen LogP contribution in [0.25, 0.3) is 0 Å². The zero-order valence-electron chi connectivity index (χ0n) is 11.3. The minimum atomic E-state index is -3.53. The fourth-order valence-electron chi connectivity index (χ4n) is 1.78. The molecule has 0 aliphatic carbocycles. The predicted molar refractivity (Wildman–Crippen MR) is 90.5 cm³/mol. The van der Waals surface area contributed by atoms with E-state index < -0.39 is 10.0 Å². The van der Waals surface area contributed by atoms with Gasteiger partial charge in [0.15, 0.2) is 0 Å². The molecular formula is C15H16INO2S. The van der Waals surface area contributed by atoms with E-state index in [1.807, 2.05) is 30.3 Å². The van der Waals surface area contributed by atoms with Gasteiger partial charge in [0.1, 0.15) is 0 Å². The maximum atomic E-state index is 12.3. The van der Waals surface area contributed by atoms with E-state index in [2.05, 4.69) is 41.2 Å². The second-order valence-corrected chi connectivity index (χ2v) is 7.65. The number of hydrogen-bond acceptors (Lipinski definition) is 2. The number of para-hydroxylation sites is 1. The Morgan fingerprint density at radius 1 is 1.00 bits per heavy atom. The first-order chi connectivity index (χ1) is 9.40. The van der Waals surface area contributed by atoms with Crippen molar-refractivity contribution in [3.63, 3.8) is 0 Å². The van der Waals surface area contributed by atoms with Crippen molar-refractivity contribution in [1.82, 2.24) is 0 Å². The fourth-order valence-corrected chi connectivity index (χ4v) is 3.56. The number of benzene rings is 2. The van der Waals surface area contributed by atoms with Crippen LogP contribution in [0.5, 0.6) is 0 Å². The molecule has 2 rings (SSSR count). The molecule has 0 radical (unpaired) electrons. The Hall–Kier alpha value is -1.08. The van der Waals surface area contributed by atoms with Gasteiger partial charge >= 0.3 is 0 Å². The highest BCUT2D eigenvalue weighted by Gasteiger charge is 2.15. The molecule has 0 spiro atoms. The number of hydrogen-bond donors (Lipinski definition) is 1. The molecule has 0 aliphatic rings. The molecule has 0 saturated carbocycles. The molecule has 2 aromatic carbocycles. The molecule has 1 N–H and O–H groups in total. The summed E-state index contributed by atoms with van der Waals surface area (Å²) in [6, 6.07) is 14.3. The number of anilines is 1. The quantitative estimate of drug-likeness (QED) is 0.781. The Kier molecular flexibility index (Phi) is 4.70. The molecule has 0 aromatic heterocycles. The molecule has 20 heavy (non-hydrogen) atoms. The molecular weight excluding hydrogens is 385 g/mol. The molecule has 0 amide bonds. The minimum Gasteiger partial charge on any atom is -0.279 e. The van der Waals surface area contributed by atoms with Gasteiger partial charge in [0.25, 0.3) is 10.0 Å². The van der Waals surface area contributed by atoms with Crippen molar-refractivity contribution in [3.05, 3.63) is 57.7 Å². The van der Waals surface area contributed by atoms with E-state index in [1.165, 1.54) is 0 Å². The molecule has 0 saturated heterocycles. The largest absolute Gasteiger partial charge is 0.279 e. The average molecular weight is 401 g/mol. The summed E-state index contributed by atoms with van der Waals surface area (Å²) in [4.78, 5) is 0.279. The van der Waals surface area contributed by atoms with Gasteiger partial charge in [-0.15, -0.1) is 0 Å². The molecule has 2 aromatic rings. The van der Waals surface area contributed by atoms with Crippen molar-refractivity contribution in [2.45, 2.75) is 24.7 Å². The van der Waals surface area contributed by atoms with Gasteiger partial charge in [-0.25, -0.2) is 8.42 Å². The van der Waals surface area contributed by atoms with Gasteiger partial charge in [-0.2, -0.15) is 0 Å². The molecule has 0 fully saturated rings. The number of halogens is 1. The molecule has 0 aliphatic heterocycles. The van der Waals surface area contributed by atoms with E-state index in [0.717, 1.165) is 9.13 Å². The summed E-state index contributed by atoms with van der Waals surface area (Å²) in [6.07, 6.45) is 0. The second kappa shape index (κ2) is 6.13. The van der Waals surface area contributed by atoms with Crippen molar-refractivity contribution in [2.24, 2.45) is 0 Å². The highest BCUT2D eigenvalue weighted by molar-refractivity contribution is 14.1. The van der Waals surface area contributed by atoms with Gasteiger partial charge in [-0.05, 0) is 58.3 Å². The van der Waals surface area contributed by atoms with Gasteiger partial charge in [0, 0.05) is 3.57 Å². The van der Waals surface area contributed by atoms with E-state index in [0.29, 0.717) is 11.6 Å². The third-order valence-electron chi connectivity index (χ3n) is 2.98. The van der Waals surface area contributed by atoms with Crippen LogP contribution < -0.4 is 4.72 Å². The van der Waals surface area contributed by atoms with Crippen molar-refractivity contribution in [3.8, 4) is 0 Å². The molecule has 0 bridgehead atoms. The lowest BCUT2D eigenvalue weighted by Gasteiger charge is -2.11. The van der Waals surface area contributed by atoms with Crippen LogP contribution in [0.15, 0.2) is 53.4 Å². The molecule has 5 heteroatoms. The lowest BCUT2D eigenvalue weighted by atomic mass is 10.0. The maximum absolute atomic E-state index is 12.3. The standard InChI is InChI=1S/C15H16INO2S/c1-11(2)12-7-9-13(10-8-12)20(18,19)17-15-6-4-3-5-14(15)16/h3-11,17H,1-2H3. The smallest absolute Gasteiger partial charge is 0.261 e. The molecule has 0 atom stereocenters. The van der Waals surface area contributed by atoms with Gasteiger partial charge in [0.2, 0.25) is 0 Å². The van der Waals surface area contributed by atoms with Crippen LogP contribution in [-0.4, -0.2) is 8.42 Å². The summed E-state index contributed by atoms with van der Waals surface area (Å²) in [6.45, 7) is 4.15. The first-order valence-electron chi connectivity index (χ1n) is 6.27. The lowest BCUT2D eigenvalue weighted by Crippen LogP contribution is -2.13. The fraction of sp³-hybridized carbons (Fsp3) is 0.200. The second-order valence-electron chi connectivity index (χ2n) is 4.81. The van der Waals surface area contributed by atoms with Crippen LogP contribution in [0, 0.1) is 3.57 Å². The molecule has 0 unspecified atom stereocenters. The van der Waals surface area contributed by atoms with Crippen molar-refractivity contribution < 1.29 is 8.42 Å². The Labute approximate surface area is 133 Å². The van der Waals surface area contributed by atoms with Crippen LogP contribution >= 0.6 is 22.6 Å². The van der Waals surface area contributed by atoms with Crippen molar-refractivity contribution in [2.75, 3.05) is 4.72 Å². The van der Waals surface area contributed by atoms with E-state index >= 15 is 0 Å². The van der Waals surface area contributed by atoms with Gasteiger partial charge < -0.3 is 0 Å². The maximum Gasteiger partial charge on any atom is 0.261 e. The van der Waals surface area contributed by atoms with Crippen molar-refractivity contribution >= 4 is 38.3 Å². The van der Waals surface area contributed by atoms with Gasteiger partial charge in [-0.1, -0.05) is 38.1 Å². The summed E-state index contributed by atoms with van der Waals surface area (Å²) < 4.78 is 28.1. The highest BCUT2D eigenvalue weighted by atomic mass is 127. The number of rotatable bonds is 4. The number of sulfonamides is 1. The topological polar surface area (TPSA) is 46.2 Å². The van der Waals surface area contributed by atoms with Gasteiger partial charge in [0.05, 0.1) is 10.6 Å². The Morgan fingerprint density at radius 2 is 1.60 bits per heavy atom. The van der Waals surface area contributed by atoms with Crippen LogP contribution in [0.4, 0.5) is 5.69 Å². The first kappa shape index (κ1) is 15.3. The number of nitrogens with one attached hydrogen (secondary N) is 1. The summed E-state index contributed by atoms with van der Waals surface area (Å²) >= 11 is 2.11. The average Bonchev–Trinajstić information content (AvgIpc) is 2.41. The minimum absolute atomic E-state index is 0.279. The van der Waals surface area contributed by atoms with E-state index in [-0.39, 0.29) is 4.90 Å². The van der Waals surface area contributed by atoms with E-state index in [4.69, 9.17) is 0 Å². The monoisotopic (exact) mass is 401 g/mol. The molecule has 106 valence electrons. The lowest BCUT2D eigenvalue weighted by molar-refractivity contribution is 0.601. The zero-order chi connectivity index (χ0) is 14.8. The SMILES string of the molecule is CC(C)c1ccc(S(=O)(=O)Nc2ccccc2I)cc1. The van der Waals surface area contributed by atoms with Gasteiger partial charge in [-0.3, -0.25) is 4.72 Å². The van der Waals surface area contributed by atoms with Crippen LogP contribution in [0.2, 0.25) is 0 Å². The Bertz CT molecular complexity index is 694. The van der Waals surface area contributed by atoms with Crippen LogP contribution in [0.1, 0.15) is 25.3 Å². The first-order valence-corrected chi connectivity index (χ1v) is 8.83. The van der Waals surface area contributed by atoms with Crippen LogP contribution in [-0.2, 0) is 10.0 Å². The Balaban J connectivity index is 2.29. The molecule has 0 heterocycles. The summed E-state index contributed by atoms with van der Waals surface area (Å²) in [5.74, 6) is 0.384.